The highest BCUT2D eigenvalue weighted by Gasteiger charge is 2.38. The fourth-order valence-corrected chi connectivity index (χ4v) is 6.11. The summed E-state index contributed by atoms with van der Waals surface area (Å²) in [7, 11) is -0.539. The summed E-state index contributed by atoms with van der Waals surface area (Å²) in [5.41, 5.74) is 2.17. The highest BCUT2D eigenvalue weighted by molar-refractivity contribution is 7.87. The zero-order chi connectivity index (χ0) is 26.3. The first-order valence-electron chi connectivity index (χ1n) is 12.4. The van der Waals surface area contributed by atoms with Crippen LogP contribution in [0.15, 0.2) is 79.1 Å². The molecule has 1 fully saturated rings. The predicted molar refractivity (Wildman–Crippen MR) is 143 cm³/mol. The minimum atomic E-state index is -3.66. The molecular weight excluding hydrogens is 488 g/mol. The molecule has 2 N–H and O–H groups in total. The lowest BCUT2D eigenvalue weighted by Gasteiger charge is -2.41. The number of benzene rings is 2. The molecule has 0 aliphatic heterocycles. The van der Waals surface area contributed by atoms with Gasteiger partial charge in [-0.15, -0.1) is 0 Å². The Morgan fingerprint density at radius 1 is 1.05 bits per heavy atom. The Hall–Kier alpha value is -3.27. The van der Waals surface area contributed by atoms with Crippen molar-refractivity contribution < 1.29 is 17.9 Å². The monoisotopic (exact) mass is 522 g/mol. The van der Waals surface area contributed by atoms with E-state index in [0.29, 0.717) is 30.7 Å². The van der Waals surface area contributed by atoms with Crippen molar-refractivity contribution in [1.82, 2.24) is 19.3 Å². The second-order valence-electron chi connectivity index (χ2n) is 9.54. The molecule has 2 aromatic carbocycles. The number of aromatic nitrogens is 1. The Kier molecular flexibility index (Phi) is 8.58. The summed E-state index contributed by atoms with van der Waals surface area (Å²) in [6.07, 6.45) is 6.14. The lowest BCUT2D eigenvalue weighted by atomic mass is 9.68. The number of methoxy groups -OCH3 is 1. The summed E-state index contributed by atoms with van der Waals surface area (Å²) in [6, 6.07) is 20.8. The van der Waals surface area contributed by atoms with Gasteiger partial charge in [0.05, 0.1) is 12.7 Å². The molecule has 0 atom stereocenters. The third kappa shape index (κ3) is 6.54. The fraction of sp³-hybridized carbons (Fsp3) is 0.357. The first kappa shape index (κ1) is 26.8. The highest BCUT2D eigenvalue weighted by atomic mass is 32.2. The van der Waals surface area contributed by atoms with Gasteiger partial charge in [0, 0.05) is 44.0 Å². The second-order valence-corrected chi connectivity index (χ2v) is 11.4. The molecule has 3 aromatic rings. The van der Waals surface area contributed by atoms with Crippen LogP contribution in [0.1, 0.15) is 47.2 Å². The molecule has 1 aromatic heterocycles. The van der Waals surface area contributed by atoms with Gasteiger partial charge < -0.3 is 10.1 Å². The van der Waals surface area contributed by atoms with Gasteiger partial charge in [0.1, 0.15) is 5.75 Å². The van der Waals surface area contributed by atoms with E-state index in [-0.39, 0.29) is 23.9 Å². The van der Waals surface area contributed by atoms with Crippen molar-refractivity contribution in [2.75, 3.05) is 20.7 Å². The molecule has 1 heterocycles. The highest BCUT2D eigenvalue weighted by Crippen LogP contribution is 2.39. The van der Waals surface area contributed by atoms with Crippen LogP contribution in [-0.2, 0) is 22.2 Å². The zero-order valence-corrected chi connectivity index (χ0v) is 22.1. The summed E-state index contributed by atoms with van der Waals surface area (Å²) in [5.74, 6) is 0.342. The van der Waals surface area contributed by atoms with E-state index < -0.39 is 10.2 Å². The van der Waals surface area contributed by atoms with E-state index in [1.807, 2.05) is 36.4 Å². The van der Waals surface area contributed by atoms with E-state index in [1.165, 1.54) is 4.31 Å². The average Bonchev–Trinajstić information content (AvgIpc) is 2.93. The van der Waals surface area contributed by atoms with Gasteiger partial charge in [0.25, 0.3) is 16.1 Å². The largest absolute Gasteiger partial charge is 0.496 e. The van der Waals surface area contributed by atoms with Crippen molar-refractivity contribution in [1.29, 1.82) is 0 Å². The van der Waals surface area contributed by atoms with Crippen LogP contribution in [0.5, 0.6) is 5.75 Å². The van der Waals surface area contributed by atoms with Crippen molar-refractivity contribution in [3.05, 3.63) is 95.8 Å². The van der Waals surface area contributed by atoms with Gasteiger partial charge in [-0.05, 0) is 55.0 Å². The number of amides is 1. The van der Waals surface area contributed by atoms with Gasteiger partial charge in [-0.3, -0.25) is 9.78 Å². The molecule has 1 aliphatic rings. The molecular formula is C28H34N4O4S. The molecule has 1 amide bonds. The molecule has 1 aliphatic carbocycles. The maximum Gasteiger partial charge on any atom is 0.279 e. The van der Waals surface area contributed by atoms with Gasteiger partial charge in [0.2, 0.25) is 0 Å². The third-order valence-corrected chi connectivity index (χ3v) is 8.70. The number of carbonyl (C=O) groups is 1. The first-order valence-corrected chi connectivity index (χ1v) is 13.9. The quantitative estimate of drug-likeness (QED) is 0.423. The van der Waals surface area contributed by atoms with Crippen molar-refractivity contribution in [3.8, 4) is 5.75 Å². The molecule has 9 heteroatoms. The van der Waals surface area contributed by atoms with Crippen LogP contribution >= 0.6 is 0 Å². The van der Waals surface area contributed by atoms with Crippen LogP contribution in [0, 0.1) is 0 Å². The molecule has 0 bridgehead atoms. The van der Waals surface area contributed by atoms with Gasteiger partial charge in [0.15, 0.2) is 0 Å². The minimum Gasteiger partial charge on any atom is -0.496 e. The smallest absolute Gasteiger partial charge is 0.279 e. The number of ether oxygens (including phenoxy) is 1. The van der Waals surface area contributed by atoms with E-state index >= 15 is 0 Å². The summed E-state index contributed by atoms with van der Waals surface area (Å²) >= 11 is 0. The molecule has 4 rings (SSSR count). The van der Waals surface area contributed by atoms with Gasteiger partial charge >= 0.3 is 0 Å². The van der Waals surface area contributed by atoms with Crippen LogP contribution < -0.4 is 14.8 Å². The Morgan fingerprint density at radius 2 is 1.76 bits per heavy atom. The summed E-state index contributed by atoms with van der Waals surface area (Å²) < 4.78 is 35.5. The van der Waals surface area contributed by atoms with Crippen molar-refractivity contribution >= 4 is 16.1 Å². The van der Waals surface area contributed by atoms with Crippen LogP contribution in [0.4, 0.5) is 0 Å². The van der Waals surface area contributed by atoms with Gasteiger partial charge in [-0.1, -0.05) is 48.5 Å². The van der Waals surface area contributed by atoms with Crippen molar-refractivity contribution in [3.63, 3.8) is 0 Å². The maximum atomic E-state index is 13.0. The lowest BCUT2D eigenvalue weighted by Crippen LogP contribution is -2.49. The molecule has 196 valence electrons. The van der Waals surface area contributed by atoms with Gasteiger partial charge in [-0.2, -0.15) is 17.4 Å². The normalized spacial score (nSPS) is 19.9. The molecule has 0 unspecified atom stereocenters. The van der Waals surface area contributed by atoms with E-state index in [1.54, 1.807) is 44.8 Å². The molecule has 0 saturated heterocycles. The van der Waals surface area contributed by atoms with Crippen LogP contribution in [-0.4, -0.2) is 50.4 Å². The number of para-hydroxylation sites is 1. The molecule has 0 spiro atoms. The van der Waals surface area contributed by atoms with Crippen molar-refractivity contribution in [2.24, 2.45) is 0 Å². The maximum absolute atomic E-state index is 13.0. The number of rotatable bonds is 10. The summed E-state index contributed by atoms with van der Waals surface area (Å²) in [4.78, 5) is 17.1. The SMILES string of the molecule is COc1ccccc1C(=O)NCC1(c2ccccc2)CCC(NS(=O)(=O)N(C)Cc2cccnc2)CC1. The Bertz CT molecular complexity index is 1280. The van der Waals surface area contributed by atoms with E-state index in [4.69, 9.17) is 4.74 Å². The van der Waals surface area contributed by atoms with Crippen LogP contribution in [0.3, 0.4) is 0 Å². The Morgan fingerprint density at radius 3 is 2.43 bits per heavy atom. The van der Waals surface area contributed by atoms with Crippen LogP contribution in [0.2, 0.25) is 0 Å². The standard InChI is InChI=1S/C28H34N4O4S/c1-32(20-22-9-8-18-29-19-22)37(34,35)31-24-14-16-28(17-15-24,23-10-4-3-5-11-23)21-30-27(33)25-12-6-7-13-26(25)36-2/h3-13,18-19,24,31H,14-17,20-21H2,1-2H3,(H,30,33). The number of nitrogens with one attached hydrogen (secondary N) is 2. The lowest BCUT2D eigenvalue weighted by molar-refractivity contribution is 0.0932. The third-order valence-electron chi connectivity index (χ3n) is 7.12. The molecule has 1 saturated carbocycles. The summed E-state index contributed by atoms with van der Waals surface area (Å²) in [6.45, 7) is 0.701. The van der Waals surface area contributed by atoms with Crippen LogP contribution in [0.25, 0.3) is 0 Å². The number of carbonyl (C=O) groups excluding carboxylic acids is 1. The molecule has 0 radical (unpaired) electrons. The first-order chi connectivity index (χ1) is 17.8. The average molecular weight is 523 g/mol. The van der Waals surface area contributed by atoms with E-state index in [2.05, 4.69) is 27.2 Å². The Balaban J connectivity index is 1.43. The molecule has 8 nitrogen and oxygen atoms in total. The van der Waals surface area contributed by atoms with E-state index in [0.717, 1.165) is 24.0 Å². The topological polar surface area (TPSA) is 101 Å². The zero-order valence-electron chi connectivity index (χ0n) is 21.3. The summed E-state index contributed by atoms with van der Waals surface area (Å²) in [5, 5.41) is 3.12. The molecule has 37 heavy (non-hydrogen) atoms. The number of nitrogens with zero attached hydrogens (tertiary/aromatic N) is 2. The van der Waals surface area contributed by atoms with Crippen molar-refractivity contribution in [2.45, 2.75) is 43.7 Å². The number of pyridine rings is 1. The predicted octanol–water partition coefficient (Wildman–Crippen LogP) is 3.67. The Labute approximate surface area is 219 Å². The minimum absolute atomic E-state index is 0.178. The second kappa shape index (κ2) is 11.9. The van der Waals surface area contributed by atoms with E-state index in [9.17, 15) is 13.2 Å². The number of hydrogen-bond donors (Lipinski definition) is 2. The fourth-order valence-electron chi connectivity index (χ4n) is 4.96. The van der Waals surface area contributed by atoms with Gasteiger partial charge in [-0.25, -0.2) is 0 Å². The number of hydrogen-bond acceptors (Lipinski definition) is 5.